The molecular formula is C22H23Cl2N3O5. The lowest BCUT2D eigenvalue weighted by atomic mass is 10.1. The number of hydrogen-bond donors (Lipinski definition) is 2. The largest absolute Gasteiger partial charge is 0.495 e. The van der Waals surface area contributed by atoms with Gasteiger partial charge in [0.15, 0.2) is 0 Å². The van der Waals surface area contributed by atoms with E-state index in [4.69, 9.17) is 32.7 Å². The van der Waals surface area contributed by atoms with Crippen molar-refractivity contribution in [2.45, 2.75) is 19.4 Å². The predicted molar refractivity (Wildman–Crippen MR) is 123 cm³/mol. The summed E-state index contributed by atoms with van der Waals surface area (Å²) in [5, 5.41) is 6.25. The van der Waals surface area contributed by atoms with Gasteiger partial charge in [0.05, 0.1) is 30.8 Å². The van der Waals surface area contributed by atoms with Gasteiger partial charge in [0.1, 0.15) is 17.5 Å². The molecule has 0 unspecified atom stereocenters. The molecule has 0 radical (unpaired) electrons. The Morgan fingerprint density at radius 2 is 1.75 bits per heavy atom. The number of rotatable bonds is 7. The molecule has 0 aromatic heterocycles. The van der Waals surface area contributed by atoms with Gasteiger partial charge in [-0.05, 0) is 37.3 Å². The van der Waals surface area contributed by atoms with E-state index in [0.29, 0.717) is 32.9 Å². The number of benzene rings is 2. The fourth-order valence-corrected chi connectivity index (χ4v) is 3.71. The van der Waals surface area contributed by atoms with Gasteiger partial charge in [0, 0.05) is 29.7 Å². The number of carbonyl (C=O) groups excluding carboxylic acids is 3. The van der Waals surface area contributed by atoms with E-state index in [1.165, 1.54) is 19.1 Å². The van der Waals surface area contributed by atoms with Crippen LogP contribution < -0.4 is 25.0 Å². The minimum Gasteiger partial charge on any atom is -0.495 e. The van der Waals surface area contributed by atoms with Crippen molar-refractivity contribution in [2.75, 3.05) is 31.0 Å². The van der Waals surface area contributed by atoms with E-state index >= 15 is 0 Å². The summed E-state index contributed by atoms with van der Waals surface area (Å²) in [5.74, 6) is -0.837. The average Bonchev–Trinajstić information content (AvgIpc) is 3.16. The van der Waals surface area contributed by atoms with Crippen LogP contribution in [0.5, 0.6) is 11.5 Å². The van der Waals surface area contributed by atoms with Gasteiger partial charge in [-0.2, -0.15) is 0 Å². The molecule has 1 saturated heterocycles. The second-order valence-electron chi connectivity index (χ2n) is 7.29. The molecule has 3 rings (SSSR count). The average molecular weight is 480 g/mol. The van der Waals surface area contributed by atoms with Crippen LogP contribution in [0.4, 0.5) is 11.4 Å². The monoisotopic (exact) mass is 479 g/mol. The lowest BCUT2D eigenvalue weighted by Gasteiger charge is -2.21. The fourth-order valence-electron chi connectivity index (χ4n) is 3.35. The molecule has 170 valence electrons. The molecule has 2 atom stereocenters. The van der Waals surface area contributed by atoms with Crippen molar-refractivity contribution in [3.63, 3.8) is 0 Å². The number of halogens is 2. The van der Waals surface area contributed by atoms with Gasteiger partial charge in [-0.25, -0.2) is 0 Å². The highest BCUT2D eigenvalue weighted by Crippen LogP contribution is 2.40. The van der Waals surface area contributed by atoms with Crippen molar-refractivity contribution in [3.05, 3.63) is 46.4 Å². The van der Waals surface area contributed by atoms with Gasteiger partial charge >= 0.3 is 0 Å². The Labute approximate surface area is 195 Å². The first-order chi connectivity index (χ1) is 15.2. The molecule has 1 aliphatic heterocycles. The van der Waals surface area contributed by atoms with Crippen LogP contribution in [0.25, 0.3) is 0 Å². The van der Waals surface area contributed by atoms with Crippen molar-refractivity contribution < 1.29 is 23.9 Å². The number of nitrogens with zero attached hydrogens (tertiary/aromatic N) is 1. The van der Waals surface area contributed by atoms with Gasteiger partial charge in [-0.1, -0.05) is 23.2 Å². The fraction of sp³-hybridized carbons (Fsp3) is 0.318. The highest BCUT2D eigenvalue weighted by molar-refractivity contribution is 6.32. The molecule has 2 aromatic rings. The van der Waals surface area contributed by atoms with Crippen LogP contribution in [0.2, 0.25) is 10.0 Å². The molecule has 10 heteroatoms. The van der Waals surface area contributed by atoms with Crippen LogP contribution in [0.15, 0.2) is 36.4 Å². The molecule has 0 bridgehead atoms. The Hall–Kier alpha value is -2.97. The summed E-state index contributed by atoms with van der Waals surface area (Å²) < 4.78 is 10.5. The third-order valence-electron chi connectivity index (χ3n) is 5.10. The molecule has 0 spiro atoms. The maximum atomic E-state index is 12.7. The summed E-state index contributed by atoms with van der Waals surface area (Å²) in [4.78, 5) is 39.2. The Morgan fingerprint density at radius 3 is 2.38 bits per heavy atom. The highest BCUT2D eigenvalue weighted by atomic mass is 35.5. The van der Waals surface area contributed by atoms with Gasteiger partial charge in [0.25, 0.3) is 0 Å². The van der Waals surface area contributed by atoms with E-state index in [9.17, 15) is 14.4 Å². The molecule has 0 saturated carbocycles. The van der Waals surface area contributed by atoms with E-state index in [2.05, 4.69) is 10.6 Å². The molecule has 8 nitrogen and oxygen atoms in total. The van der Waals surface area contributed by atoms with Crippen LogP contribution in [0.3, 0.4) is 0 Å². The van der Waals surface area contributed by atoms with Crippen LogP contribution in [0.1, 0.15) is 13.3 Å². The number of anilines is 2. The van der Waals surface area contributed by atoms with Crippen LogP contribution in [-0.4, -0.2) is 44.5 Å². The number of methoxy groups -OCH3 is 2. The molecule has 0 aliphatic carbocycles. The van der Waals surface area contributed by atoms with E-state index in [1.54, 1.807) is 43.3 Å². The lowest BCUT2D eigenvalue weighted by molar-refractivity contribution is -0.129. The molecule has 32 heavy (non-hydrogen) atoms. The van der Waals surface area contributed by atoms with Crippen LogP contribution in [0, 0.1) is 5.92 Å². The predicted octanol–water partition coefficient (Wildman–Crippen LogP) is 3.51. The first-order valence-corrected chi connectivity index (χ1v) is 10.6. The Kier molecular flexibility index (Phi) is 7.48. The zero-order valence-electron chi connectivity index (χ0n) is 17.8. The molecule has 1 aliphatic rings. The van der Waals surface area contributed by atoms with Crippen molar-refractivity contribution in [2.24, 2.45) is 5.92 Å². The molecule has 2 aromatic carbocycles. The van der Waals surface area contributed by atoms with Gasteiger partial charge in [-0.3, -0.25) is 14.4 Å². The molecule has 1 fully saturated rings. The number of hydrogen-bond acceptors (Lipinski definition) is 5. The van der Waals surface area contributed by atoms with Crippen molar-refractivity contribution in [1.29, 1.82) is 0 Å². The Bertz CT molecular complexity index is 1030. The van der Waals surface area contributed by atoms with Crippen LogP contribution >= 0.6 is 23.2 Å². The van der Waals surface area contributed by atoms with Crippen molar-refractivity contribution in [3.8, 4) is 11.5 Å². The SMILES string of the molecule is COc1cc(OC)c(N2C[C@@H](C(=O)N[C@H](C)C(=O)Nc3ccc(Cl)cc3)CC2=O)cc1Cl. The lowest BCUT2D eigenvalue weighted by Crippen LogP contribution is -2.44. The smallest absolute Gasteiger partial charge is 0.246 e. The van der Waals surface area contributed by atoms with E-state index in [0.717, 1.165) is 0 Å². The minimum absolute atomic E-state index is 0.00413. The normalized spacial score (nSPS) is 16.5. The van der Waals surface area contributed by atoms with E-state index in [1.807, 2.05) is 0 Å². The molecular weight excluding hydrogens is 457 g/mol. The third-order valence-corrected chi connectivity index (χ3v) is 5.65. The summed E-state index contributed by atoms with van der Waals surface area (Å²) >= 11 is 12.1. The van der Waals surface area contributed by atoms with E-state index < -0.39 is 17.9 Å². The van der Waals surface area contributed by atoms with Crippen molar-refractivity contribution in [1.82, 2.24) is 5.32 Å². The van der Waals surface area contributed by atoms with Gasteiger partial charge in [0.2, 0.25) is 17.7 Å². The van der Waals surface area contributed by atoms with Gasteiger partial charge < -0.3 is 25.0 Å². The Morgan fingerprint density at radius 1 is 1.09 bits per heavy atom. The first-order valence-electron chi connectivity index (χ1n) is 9.82. The molecule has 3 amide bonds. The van der Waals surface area contributed by atoms with E-state index in [-0.39, 0.29) is 24.8 Å². The Balaban J connectivity index is 1.65. The highest BCUT2D eigenvalue weighted by Gasteiger charge is 2.37. The zero-order valence-corrected chi connectivity index (χ0v) is 19.3. The minimum atomic E-state index is -0.799. The summed E-state index contributed by atoms with van der Waals surface area (Å²) in [5.41, 5.74) is 1.01. The second-order valence-corrected chi connectivity index (χ2v) is 8.13. The zero-order chi connectivity index (χ0) is 23.4. The number of nitrogens with one attached hydrogen (secondary N) is 2. The topological polar surface area (TPSA) is 97.0 Å². The number of carbonyl (C=O) groups is 3. The third kappa shape index (κ3) is 5.26. The van der Waals surface area contributed by atoms with Crippen molar-refractivity contribution >= 4 is 52.3 Å². The standard InChI is InChI=1S/C22H23Cl2N3O5/c1-12(21(29)26-15-6-4-14(23)5-7-15)25-22(30)13-8-20(28)27(11-13)17-9-16(24)18(31-2)10-19(17)32-3/h4-7,9-10,12-13H,8,11H2,1-3H3,(H,25,30)(H,26,29)/t12-,13+/m1/s1. The van der Waals surface area contributed by atoms with Crippen LogP contribution in [-0.2, 0) is 14.4 Å². The summed E-state index contributed by atoms with van der Waals surface area (Å²) in [6.07, 6.45) is 0.00413. The number of amides is 3. The van der Waals surface area contributed by atoms with Gasteiger partial charge in [-0.15, -0.1) is 0 Å². The molecule has 1 heterocycles. The first kappa shape index (κ1) is 23.7. The molecule has 2 N–H and O–H groups in total. The maximum absolute atomic E-state index is 12.7. The second kappa shape index (κ2) is 10.1. The summed E-state index contributed by atoms with van der Waals surface area (Å²) in [6.45, 7) is 1.71. The quantitative estimate of drug-likeness (QED) is 0.633. The summed E-state index contributed by atoms with van der Waals surface area (Å²) in [7, 11) is 2.95. The number of ether oxygens (including phenoxy) is 2. The maximum Gasteiger partial charge on any atom is 0.246 e. The summed E-state index contributed by atoms with van der Waals surface area (Å²) in [6, 6.07) is 8.98.